The fourth-order valence-corrected chi connectivity index (χ4v) is 1.59. The Bertz CT molecular complexity index is 563. The van der Waals surface area contributed by atoms with Crippen molar-refractivity contribution in [3.8, 4) is 11.3 Å². The van der Waals surface area contributed by atoms with Gasteiger partial charge in [0, 0.05) is 5.56 Å². The van der Waals surface area contributed by atoms with Gasteiger partial charge >= 0.3 is 0 Å². The third-order valence-corrected chi connectivity index (χ3v) is 2.30. The van der Waals surface area contributed by atoms with Crippen LogP contribution < -0.4 is 0 Å². The molecule has 0 radical (unpaired) electrons. The van der Waals surface area contributed by atoms with Gasteiger partial charge in [-0.3, -0.25) is 4.79 Å². The molecule has 86 valence electrons. The number of aldehydes is 1. The third kappa shape index (κ3) is 1.99. The van der Waals surface area contributed by atoms with Gasteiger partial charge in [-0.15, -0.1) is 11.7 Å². The van der Waals surface area contributed by atoms with Gasteiger partial charge in [0.15, 0.2) is 12.0 Å². The van der Waals surface area contributed by atoms with E-state index in [0.29, 0.717) is 24.1 Å². The van der Waals surface area contributed by atoms with Crippen molar-refractivity contribution in [2.24, 2.45) is 0 Å². The van der Waals surface area contributed by atoms with Crippen LogP contribution in [0.1, 0.15) is 10.5 Å². The summed E-state index contributed by atoms with van der Waals surface area (Å²) in [6.07, 6.45) is 2.17. The highest BCUT2D eigenvalue weighted by atomic mass is 19.1. The molecule has 0 aliphatic heterocycles. The quantitative estimate of drug-likeness (QED) is 0.598. The predicted molar refractivity (Wildman–Crippen MR) is 61.0 cm³/mol. The summed E-state index contributed by atoms with van der Waals surface area (Å²) in [6, 6.07) is 6.19. The third-order valence-electron chi connectivity index (χ3n) is 2.30. The van der Waals surface area contributed by atoms with E-state index in [1.807, 2.05) is 0 Å². The summed E-state index contributed by atoms with van der Waals surface area (Å²) in [5.41, 5.74) is 0.802. The lowest BCUT2D eigenvalue weighted by atomic mass is 10.1. The first-order valence-corrected chi connectivity index (χ1v) is 5.02. The molecule has 0 saturated heterocycles. The summed E-state index contributed by atoms with van der Waals surface area (Å²) in [5, 5.41) is 7.49. The van der Waals surface area contributed by atoms with Gasteiger partial charge in [0.1, 0.15) is 11.5 Å². The van der Waals surface area contributed by atoms with E-state index in [0.717, 1.165) is 0 Å². The number of benzene rings is 1. The number of hydrogen-bond donors (Lipinski definition) is 0. The zero-order chi connectivity index (χ0) is 12.3. The zero-order valence-electron chi connectivity index (χ0n) is 9.01. The van der Waals surface area contributed by atoms with Gasteiger partial charge in [-0.05, 0) is 12.1 Å². The smallest absolute Gasteiger partial charge is 0.172 e. The van der Waals surface area contributed by atoms with Crippen LogP contribution in [0.25, 0.3) is 11.3 Å². The minimum absolute atomic E-state index is 0.122. The second-order valence-corrected chi connectivity index (χ2v) is 3.39. The van der Waals surface area contributed by atoms with Gasteiger partial charge in [-0.1, -0.05) is 23.4 Å². The number of halogens is 1. The molecule has 1 heterocycles. The molecule has 0 fully saturated rings. The number of allylic oxidation sites excluding steroid dienone is 1. The Labute approximate surface area is 97.4 Å². The van der Waals surface area contributed by atoms with Crippen molar-refractivity contribution in [2.75, 3.05) is 0 Å². The molecule has 2 rings (SSSR count). The van der Waals surface area contributed by atoms with Crippen LogP contribution in [0, 0.1) is 5.82 Å². The number of carbonyl (C=O) groups is 1. The van der Waals surface area contributed by atoms with Crippen molar-refractivity contribution in [3.63, 3.8) is 0 Å². The highest BCUT2D eigenvalue weighted by molar-refractivity contribution is 5.83. The van der Waals surface area contributed by atoms with E-state index < -0.39 is 5.82 Å². The fraction of sp³-hybridized carbons (Fsp3) is 0.0833. The van der Waals surface area contributed by atoms with Gasteiger partial charge in [-0.2, -0.15) is 0 Å². The maximum Gasteiger partial charge on any atom is 0.172 e. The lowest BCUT2D eigenvalue weighted by Crippen LogP contribution is -2.02. The molecule has 17 heavy (non-hydrogen) atoms. The molecular weight excluding hydrogens is 221 g/mol. The van der Waals surface area contributed by atoms with E-state index in [2.05, 4.69) is 16.9 Å². The van der Waals surface area contributed by atoms with Crippen LogP contribution in [0.5, 0.6) is 0 Å². The highest BCUT2D eigenvalue weighted by Gasteiger charge is 2.16. The predicted octanol–water partition coefficient (Wildman–Crippen LogP) is 2.08. The maximum absolute atomic E-state index is 13.7. The van der Waals surface area contributed by atoms with E-state index >= 15 is 0 Å². The van der Waals surface area contributed by atoms with Crippen LogP contribution in [-0.4, -0.2) is 21.3 Å². The molecule has 1 aromatic heterocycles. The number of rotatable bonds is 4. The molecular formula is C12H10FN3O. The monoisotopic (exact) mass is 231 g/mol. The second-order valence-electron chi connectivity index (χ2n) is 3.39. The Morgan fingerprint density at radius 3 is 2.82 bits per heavy atom. The van der Waals surface area contributed by atoms with Gasteiger partial charge < -0.3 is 0 Å². The molecule has 0 spiro atoms. The van der Waals surface area contributed by atoms with Crippen LogP contribution in [0.2, 0.25) is 0 Å². The summed E-state index contributed by atoms with van der Waals surface area (Å²) in [7, 11) is 0. The second kappa shape index (κ2) is 4.69. The van der Waals surface area contributed by atoms with E-state index in [1.54, 1.807) is 24.3 Å². The van der Waals surface area contributed by atoms with Crippen molar-refractivity contribution in [2.45, 2.75) is 6.54 Å². The Morgan fingerprint density at radius 2 is 2.18 bits per heavy atom. The zero-order valence-corrected chi connectivity index (χ0v) is 9.01. The molecule has 0 saturated carbocycles. The van der Waals surface area contributed by atoms with E-state index in [9.17, 15) is 9.18 Å². The Hall–Kier alpha value is -2.30. The van der Waals surface area contributed by atoms with Crippen molar-refractivity contribution < 1.29 is 9.18 Å². The Balaban J connectivity index is 2.64. The molecule has 0 aliphatic carbocycles. The van der Waals surface area contributed by atoms with Crippen LogP contribution in [0.4, 0.5) is 4.39 Å². The molecule has 0 bridgehead atoms. The first-order chi connectivity index (χ1) is 8.27. The molecule has 2 aromatic rings. The first kappa shape index (κ1) is 11.2. The van der Waals surface area contributed by atoms with Crippen LogP contribution in [0.15, 0.2) is 36.9 Å². The van der Waals surface area contributed by atoms with E-state index in [4.69, 9.17) is 0 Å². The molecule has 0 aliphatic rings. The molecule has 5 heteroatoms. The molecule has 0 atom stereocenters. The normalized spacial score (nSPS) is 10.2. The summed E-state index contributed by atoms with van der Waals surface area (Å²) >= 11 is 0. The van der Waals surface area contributed by atoms with E-state index in [1.165, 1.54) is 10.7 Å². The minimum atomic E-state index is -0.414. The number of nitrogens with zero attached hydrogens (tertiary/aromatic N) is 3. The van der Waals surface area contributed by atoms with Crippen LogP contribution >= 0.6 is 0 Å². The van der Waals surface area contributed by atoms with Crippen molar-refractivity contribution in [1.29, 1.82) is 0 Å². The fourth-order valence-electron chi connectivity index (χ4n) is 1.59. The average Bonchev–Trinajstić information content (AvgIpc) is 2.73. The topological polar surface area (TPSA) is 47.8 Å². The number of hydrogen-bond acceptors (Lipinski definition) is 3. The largest absolute Gasteiger partial charge is 0.296 e. The van der Waals surface area contributed by atoms with Gasteiger partial charge in [0.05, 0.1) is 6.54 Å². The SMILES string of the molecule is C=CCn1nnc(C=O)c1-c1ccccc1F. The summed E-state index contributed by atoms with van der Waals surface area (Å²) in [4.78, 5) is 10.9. The highest BCUT2D eigenvalue weighted by Crippen LogP contribution is 2.24. The lowest BCUT2D eigenvalue weighted by Gasteiger charge is -2.05. The summed E-state index contributed by atoms with van der Waals surface area (Å²) < 4.78 is 15.1. The molecule has 4 nitrogen and oxygen atoms in total. The number of carbonyl (C=O) groups excluding carboxylic acids is 1. The van der Waals surface area contributed by atoms with E-state index in [-0.39, 0.29) is 5.69 Å². The summed E-state index contributed by atoms with van der Waals surface area (Å²) in [6.45, 7) is 3.94. The molecule has 0 unspecified atom stereocenters. The molecule has 1 aromatic carbocycles. The van der Waals surface area contributed by atoms with Gasteiger partial charge in [-0.25, -0.2) is 9.07 Å². The number of aromatic nitrogens is 3. The lowest BCUT2D eigenvalue weighted by molar-refractivity contribution is 0.111. The molecule has 0 amide bonds. The van der Waals surface area contributed by atoms with Gasteiger partial charge in [0.2, 0.25) is 0 Å². The Morgan fingerprint density at radius 1 is 1.41 bits per heavy atom. The van der Waals surface area contributed by atoms with Gasteiger partial charge in [0.25, 0.3) is 0 Å². The minimum Gasteiger partial charge on any atom is -0.296 e. The van der Waals surface area contributed by atoms with Crippen molar-refractivity contribution in [1.82, 2.24) is 15.0 Å². The Kier molecular flexibility index (Phi) is 3.09. The first-order valence-electron chi connectivity index (χ1n) is 5.02. The van der Waals surface area contributed by atoms with Crippen LogP contribution in [-0.2, 0) is 6.54 Å². The van der Waals surface area contributed by atoms with Crippen molar-refractivity contribution >= 4 is 6.29 Å². The maximum atomic E-state index is 13.7. The van der Waals surface area contributed by atoms with Crippen molar-refractivity contribution in [3.05, 3.63) is 48.4 Å². The van der Waals surface area contributed by atoms with Crippen LogP contribution in [0.3, 0.4) is 0 Å². The average molecular weight is 231 g/mol. The standard InChI is InChI=1S/C12H10FN3O/c1-2-7-16-12(11(8-17)14-15-16)9-5-3-4-6-10(9)13/h2-6,8H,1,7H2. The summed E-state index contributed by atoms with van der Waals surface area (Å²) in [5.74, 6) is -0.414. The molecule has 0 N–H and O–H groups in total.